The van der Waals surface area contributed by atoms with Crippen LogP contribution in [-0.2, 0) is 19.2 Å². The second kappa shape index (κ2) is 4.91. The highest BCUT2D eigenvalue weighted by Gasteiger charge is 2.32. The molecular formula is C10H15NO4. The first kappa shape index (κ1) is 11.7. The Morgan fingerprint density at radius 3 is 2.40 bits per heavy atom. The Hall–Kier alpha value is -1.39. The van der Waals surface area contributed by atoms with Crippen LogP contribution in [0.3, 0.4) is 0 Å². The van der Waals surface area contributed by atoms with Crippen molar-refractivity contribution in [3.8, 4) is 0 Å². The molecule has 1 rings (SSSR count). The maximum atomic E-state index is 11.3. The van der Waals surface area contributed by atoms with Crippen molar-refractivity contribution in [2.75, 3.05) is 0 Å². The van der Waals surface area contributed by atoms with Crippen LogP contribution < -0.4 is 0 Å². The lowest BCUT2D eigenvalue weighted by Crippen LogP contribution is -2.32. The first-order valence-corrected chi connectivity index (χ1v) is 5.11. The minimum absolute atomic E-state index is 0.134. The third-order valence-corrected chi connectivity index (χ3v) is 2.41. The number of carbonyl (C=O) groups excluding carboxylic acids is 3. The summed E-state index contributed by atoms with van der Waals surface area (Å²) in [5, 5.41) is 0.588. The van der Waals surface area contributed by atoms with Crippen LogP contribution >= 0.6 is 0 Å². The number of hydrogen-bond donors (Lipinski definition) is 0. The summed E-state index contributed by atoms with van der Waals surface area (Å²) in [5.74, 6) is -1.19. The summed E-state index contributed by atoms with van der Waals surface area (Å²) < 4.78 is 0. The predicted octanol–water partition coefficient (Wildman–Crippen LogP) is 1.03. The Morgan fingerprint density at radius 1 is 1.40 bits per heavy atom. The Balaban J connectivity index is 2.44. The summed E-state index contributed by atoms with van der Waals surface area (Å²) in [5.41, 5.74) is 0. The molecule has 0 aromatic rings. The summed E-state index contributed by atoms with van der Waals surface area (Å²) in [6.07, 6.45) is 1.36. The highest BCUT2D eigenvalue weighted by Crippen LogP contribution is 2.14. The SMILES string of the molecule is CCC(C)CC(=O)ON1C(=O)CCC1=O. The van der Waals surface area contributed by atoms with Gasteiger partial charge in [-0.1, -0.05) is 20.3 Å². The number of amides is 2. The summed E-state index contributed by atoms with van der Waals surface area (Å²) in [6, 6.07) is 0. The van der Waals surface area contributed by atoms with Gasteiger partial charge in [-0.05, 0) is 5.92 Å². The molecule has 1 atom stereocenters. The molecule has 1 saturated heterocycles. The second-order valence-corrected chi connectivity index (χ2v) is 3.76. The molecule has 1 aliphatic heterocycles. The van der Waals surface area contributed by atoms with Crippen molar-refractivity contribution in [1.29, 1.82) is 0 Å². The fraction of sp³-hybridized carbons (Fsp3) is 0.700. The zero-order valence-electron chi connectivity index (χ0n) is 8.99. The van der Waals surface area contributed by atoms with Gasteiger partial charge in [-0.3, -0.25) is 9.59 Å². The molecule has 84 valence electrons. The van der Waals surface area contributed by atoms with Gasteiger partial charge >= 0.3 is 5.97 Å². The first-order chi connectivity index (χ1) is 7.04. The van der Waals surface area contributed by atoms with Crippen LogP contribution in [0.2, 0.25) is 0 Å². The smallest absolute Gasteiger partial charge is 0.330 e. The van der Waals surface area contributed by atoms with Crippen molar-refractivity contribution >= 4 is 17.8 Å². The maximum Gasteiger partial charge on any atom is 0.333 e. The van der Waals surface area contributed by atoms with Crippen molar-refractivity contribution in [3.63, 3.8) is 0 Å². The van der Waals surface area contributed by atoms with E-state index in [1.54, 1.807) is 0 Å². The molecule has 1 unspecified atom stereocenters. The summed E-state index contributed by atoms with van der Waals surface area (Å²) in [6.45, 7) is 3.87. The summed E-state index contributed by atoms with van der Waals surface area (Å²) in [7, 11) is 0. The highest BCUT2D eigenvalue weighted by atomic mass is 16.7. The number of hydroxylamine groups is 2. The number of carbonyl (C=O) groups is 3. The predicted molar refractivity (Wildman–Crippen MR) is 51.3 cm³/mol. The van der Waals surface area contributed by atoms with Crippen LogP contribution in [0, 0.1) is 5.92 Å². The number of imide groups is 1. The lowest BCUT2D eigenvalue weighted by molar-refractivity contribution is -0.198. The number of nitrogens with zero attached hydrogens (tertiary/aromatic N) is 1. The van der Waals surface area contributed by atoms with Gasteiger partial charge in [-0.15, -0.1) is 5.06 Å². The molecule has 5 heteroatoms. The molecule has 0 bridgehead atoms. The molecule has 2 amide bonds. The van der Waals surface area contributed by atoms with Gasteiger partial charge in [0.1, 0.15) is 0 Å². The van der Waals surface area contributed by atoms with Gasteiger partial charge < -0.3 is 4.84 Å². The molecule has 0 N–H and O–H groups in total. The quantitative estimate of drug-likeness (QED) is 0.654. The Labute approximate surface area is 88.3 Å². The molecule has 0 saturated carbocycles. The van der Waals surface area contributed by atoms with E-state index in [0.29, 0.717) is 5.06 Å². The van der Waals surface area contributed by atoms with Crippen molar-refractivity contribution in [2.45, 2.75) is 39.5 Å². The molecule has 5 nitrogen and oxygen atoms in total. The number of rotatable bonds is 4. The topological polar surface area (TPSA) is 63.7 Å². The van der Waals surface area contributed by atoms with Crippen LogP contribution in [0.4, 0.5) is 0 Å². The van der Waals surface area contributed by atoms with Crippen molar-refractivity contribution in [1.82, 2.24) is 5.06 Å². The molecule has 1 heterocycles. The lowest BCUT2D eigenvalue weighted by atomic mass is 10.1. The second-order valence-electron chi connectivity index (χ2n) is 3.76. The largest absolute Gasteiger partial charge is 0.333 e. The minimum atomic E-state index is -0.520. The Bertz CT molecular complexity index is 271. The minimum Gasteiger partial charge on any atom is -0.330 e. The Morgan fingerprint density at radius 2 is 1.93 bits per heavy atom. The first-order valence-electron chi connectivity index (χ1n) is 5.11. The van der Waals surface area contributed by atoms with E-state index in [9.17, 15) is 14.4 Å². The van der Waals surface area contributed by atoms with E-state index in [2.05, 4.69) is 0 Å². The molecule has 1 aliphatic rings. The van der Waals surface area contributed by atoms with E-state index in [0.717, 1.165) is 6.42 Å². The van der Waals surface area contributed by atoms with Crippen LogP contribution in [0.25, 0.3) is 0 Å². The molecule has 0 aliphatic carbocycles. The standard InChI is InChI=1S/C10H15NO4/c1-3-7(2)6-10(14)15-11-8(12)4-5-9(11)13/h7H,3-6H2,1-2H3. The van der Waals surface area contributed by atoms with E-state index in [1.165, 1.54) is 0 Å². The van der Waals surface area contributed by atoms with Gasteiger partial charge in [-0.25, -0.2) is 4.79 Å². The van der Waals surface area contributed by atoms with E-state index in [1.807, 2.05) is 13.8 Å². The van der Waals surface area contributed by atoms with Gasteiger partial charge in [0.05, 0.1) is 6.42 Å². The number of hydrogen-bond acceptors (Lipinski definition) is 4. The summed E-state index contributed by atoms with van der Waals surface area (Å²) in [4.78, 5) is 38.2. The van der Waals surface area contributed by atoms with Gasteiger partial charge in [0.15, 0.2) is 0 Å². The van der Waals surface area contributed by atoms with Gasteiger partial charge in [0.25, 0.3) is 11.8 Å². The fourth-order valence-electron chi connectivity index (χ4n) is 1.23. The fourth-order valence-corrected chi connectivity index (χ4v) is 1.23. The summed E-state index contributed by atoms with van der Waals surface area (Å²) >= 11 is 0. The normalized spacial score (nSPS) is 18.1. The van der Waals surface area contributed by atoms with Gasteiger partial charge in [0.2, 0.25) is 0 Å². The Kier molecular flexibility index (Phi) is 3.82. The molecule has 15 heavy (non-hydrogen) atoms. The zero-order chi connectivity index (χ0) is 11.4. The third kappa shape index (κ3) is 3.04. The van der Waals surface area contributed by atoms with Crippen LogP contribution in [0.1, 0.15) is 39.5 Å². The van der Waals surface area contributed by atoms with Crippen LogP contribution in [-0.4, -0.2) is 22.8 Å². The van der Waals surface area contributed by atoms with E-state index < -0.39 is 17.8 Å². The lowest BCUT2D eigenvalue weighted by Gasteiger charge is -2.14. The van der Waals surface area contributed by atoms with E-state index in [-0.39, 0.29) is 25.2 Å². The average Bonchev–Trinajstić information content (AvgIpc) is 2.49. The van der Waals surface area contributed by atoms with Crippen LogP contribution in [0.5, 0.6) is 0 Å². The third-order valence-electron chi connectivity index (χ3n) is 2.41. The molecule has 0 spiro atoms. The van der Waals surface area contributed by atoms with Gasteiger partial charge in [0, 0.05) is 12.8 Å². The molecule has 0 aromatic heterocycles. The van der Waals surface area contributed by atoms with Crippen molar-refractivity contribution in [2.24, 2.45) is 5.92 Å². The molecule has 1 fully saturated rings. The maximum absolute atomic E-state index is 11.3. The van der Waals surface area contributed by atoms with Crippen molar-refractivity contribution < 1.29 is 19.2 Å². The highest BCUT2D eigenvalue weighted by molar-refractivity contribution is 6.01. The van der Waals surface area contributed by atoms with Crippen LogP contribution in [0.15, 0.2) is 0 Å². The monoisotopic (exact) mass is 213 g/mol. The molecule has 0 aromatic carbocycles. The van der Waals surface area contributed by atoms with E-state index >= 15 is 0 Å². The molecule has 0 radical (unpaired) electrons. The average molecular weight is 213 g/mol. The van der Waals surface area contributed by atoms with Crippen molar-refractivity contribution in [3.05, 3.63) is 0 Å². The van der Waals surface area contributed by atoms with Gasteiger partial charge in [-0.2, -0.15) is 0 Å². The van der Waals surface area contributed by atoms with E-state index in [4.69, 9.17) is 4.84 Å². The molecular weight excluding hydrogens is 198 g/mol. The zero-order valence-corrected chi connectivity index (χ0v) is 8.99.